The lowest BCUT2D eigenvalue weighted by Gasteiger charge is -2.07. The van der Waals surface area contributed by atoms with Crippen LogP contribution >= 0.6 is 23.2 Å². The van der Waals surface area contributed by atoms with Gasteiger partial charge in [0.25, 0.3) is 0 Å². The van der Waals surface area contributed by atoms with Crippen LogP contribution in [-0.2, 0) is 9.59 Å². The zero-order chi connectivity index (χ0) is 10.6. The van der Waals surface area contributed by atoms with Crippen molar-refractivity contribution in [3.63, 3.8) is 0 Å². The van der Waals surface area contributed by atoms with Crippen molar-refractivity contribution in [3.05, 3.63) is 10.1 Å². The van der Waals surface area contributed by atoms with E-state index in [-0.39, 0.29) is 5.03 Å². The summed E-state index contributed by atoms with van der Waals surface area (Å²) in [6, 6.07) is -1.09. The summed E-state index contributed by atoms with van der Waals surface area (Å²) >= 11 is 10.6. The minimum Gasteiger partial charge on any atom is -0.481 e. The molecule has 0 spiro atoms. The Bertz CT molecular complexity index is 263. The second-order valence-electron chi connectivity index (χ2n) is 2.17. The molecule has 4 N–H and O–H groups in total. The van der Waals surface area contributed by atoms with Gasteiger partial charge in [0.2, 0.25) is 0 Å². The van der Waals surface area contributed by atoms with Crippen molar-refractivity contribution in [1.82, 2.24) is 0 Å². The molecule has 0 aromatic heterocycles. The van der Waals surface area contributed by atoms with Crippen LogP contribution in [-0.4, -0.2) is 28.2 Å². The highest BCUT2D eigenvalue weighted by molar-refractivity contribution is 6.47. The number of carbonyl (C=O) groups is 2. The fraction of sp³-hybridized carbons (Fsp3) is 0.333. The standard InChI is InChI=1S/C6H7Cl2NO4/c7-4(5(8)6(12)13)2(9)1-3(10)11/h2H,1,9H2,(H,10,11)(H,12,13)/b5-4+. The van der Waals surface area contributed by atoms with Gasteiger partial charge >= 0.3 is 11.9 Å². The van der Waals surface area contributed by atoms with Crippen molar-refractivity contribution in [2.45, 2.75) is 12.5 Å². The molecular weight excluding hydrogens is 221 g/mol. The van der Waals surface area contributed by atoms with Crippen LogP contribution in [0.25, 0.3) is 0 Å². The lowest BCUT2D eigenvalue weighted by molar-refractivity contribution is -0.137. The third kappa shape index (κ3) is 4.12. The van der Waals surface area contributed by atoms with Gasteiger partial charge in [-0.2, -0.15) is 0 Å². The SMILES string of the molecule is NC(CC(=O)O)/C(Cl)=C(\Cl)C(=O)O. The molecule has 5 nitrogen and oxygen atoms in total. The van der Waals surface area contributed by atoms with Crippen molar-refractivity contribution in [3.8, 4) is 0 Å². The molecule has 0 radical (unpaired) electrons. The van der Waals surface area contributed by atoms with E-state index in [1.165, 1.54) is 0 Å². The van der Waals surface area contributed by atoms with Crippen LogP contribution in [0, 0.1) is 0 Å². The molecule has 0 saturated carbocycles. The summed E-state index contributed by atoms with van der Waals surface area (Å²) in [5.41, 5.74) is 5.24. The van der Waals surface area contributed by atoms with Gasteiger partial charge in [-0.05, 0) is 0 Å². The Labute approximate surface area is 83.7 Å². The van der Waals surface area contributed by atoms with Crippen LogP contribution in [0.3, 0.4) is 0 Å². The van der Waals surface area contributed by atoms with E-state index in [2.05, 4.69) is 0 Å². The molecule has 0 aliphatic rings. The first-order valence-electron chi connectivity index (χ1n) is 3.12. The average molecular weight is 228 g/mol. The average Bonchev–Trinajstić information content (AvgIpc) is 2.00. The second kappa shape index (κ2) is 5.06. The zero-order valence-corrected chi connectivity index (χ0v) is 7.84. The molecule has 0 amide bonds. The molecule has 0 bridgehead atoms. The van der Waals surface area contributed by atoms with E-state index in [4.69, 9.17) is 39.1 Å². The van der Waals surface area contributed by atoms with Crippen molar-refractivity contribution in [2.24, 2.45) is 5.73 Å². The Morgan fingerprint density at radius 1 is 1.31 bits per heavy atom. The molecule has 0 fully saturated rings. The lowest BCUT2D eigenvalue weighted by atomic mass is 10.2. The molecule has 0 aliphatic heterocycles. The molecule has 0 saturated heterocycles. The minimum atomic E-state index is -1.44. The van der Waals surface area contributed by atoms with E-state index >= 15 is 0 Å². The minimum absolute atomic E-state index is 0.364. The number of aliphatic carboxylic acids is 2. The first kappa shape index (κ1) is 12.2. The van der Waals surface area contributed by atoms with Crippen LogP contribution in [0.4, 0.5) is 0 Å². The normalized spacial score (nSPS) is 14.7. The molecule has 0 aromatic rings. The number of halogens is 2. The fourth-order valence-electron chi connectivity index (χ4n) is 0.543. The lowest BCUT2D eigenvalue weighted by Crippen LogP contribution is -2.25. The topological polar surface area (TPSA) is 101 Å². The summed E-state index contributed by atoms with van der Waals surface area (Å²) in [7, 11) is 0. The summed E-state index contributed by atoms with van der Waals surface area (Å²) < 4.78 is 0. The Kier molecular flexibility index (Phi) is 4.76. The number of carboxylic acid groups (broad SMARTS) is 2. The van der Waals surface area contributed by atoms with E-state index in [1.54, 1.807) is 0 Å². The van der Waals surface area contributed by atoms with E-state index in [0.717, 1.165) is 0 Å². The first-order valence-corrected chi connectivity index (χ1v) is 3.87. The van der Waals surface area contributed by atoms with E-state index in [9.17, 15) is 9.59 Å². The molecule has 1 atom stereocenters. The van der Waals surface area contributed by atoms with Crippen LogP contribution in [0.1, 0.15) is 6.42 Å². The predicted octanol–water partition coefficient (Wildman–Crippen LogP) is 0.562. The summed E-state index contributed by atoms with van der Waals surface area (Å²) in [4.78, 5) is 20.4. The second-order valence-corrected chi connectivity index (χ2v) is 2.96. The molecule has 0 heterocycles. The number of rotatable bonds is 4. The van der Waals surface area contributed by atoms with Gasteiger partial charge in [0.1, 0.15) is 5.03 Å². The van der Waals surface area contributed by atoms with Crippen molar-refractivity contribution in [2.75, 3.05) is 0 Å². The zero-order valence-electron chi connectivity index (χ0n) is 6.33. The highest BCUT2D eigenvalue weighted by atomic mass is 35.5. The van der Waals surface area contributed by atoms with Gasteiger partial charge in [0.15, 0.2) is 0 Å². The molecule has 0 aromatic carbocycles. The first-order chi connectivity index (χ1) is 5.86. The van der Waals surface area contributed by atoms with E-state index < -0.39 is 29.4 Å². The maximum absolute atomic E-state index is 10.3. The monoisotopic (exact) mass is 227 g/mol. The quantitative estimate of drug-likeness (QED) is 0.610. The highest BCUT2D eigenvalue weighted by Gasteiger charge is 2.18. The smallest absolute Gasteiger partial charge is 0.348 e. The molecular formula is C6H7Cl2NO4. The van der Waals surface area contributed by atoms with Gasteiger partial charge in [0.05, 0.1) is 17.5 Å². The number of hydrogen-bond acceptors (Lipinski definition) is 3. The van der Waals surface area contributed by atoms with Gasteiger partial charge in [-0.25, -0.2) is 4.79 Å². The van der Waals surface area contributed by atoms with Crippen LogP contribution in [0.5, 0.6) is 0 Å². The number of hydrogen-bond donors (Lipinski definition) is 3. The number of nitrogens with two attached hydrogens (primary N) is 1. The van der Waals surface area contributed by atoms with Gasteiger partial charge < -0.3 is 15.9 Å². The van der Waals surface area contributed by atoms with Gasteiger partial charge in [0, 0.05) is 0 Å². The summed E-state index contributed by atoms with van der Waals surface area (Å²) in [5, 5.41) is 15.6. The summed E-state index contributed by atoms with van der Waals surface area (Å²) in [6.07, 6.45) is -0.470. The van der Waals surface area contributed by atoms with Crippen molar-refractivity contribution < 1.29 is 19.8 Å². The van der Waals surface area contributed by atoms with Gasteiger partial charge in [-0.1, -0.05) is 23.2 Å². The third-order valence-electron chi connectivity index (χ3n) is 1.12. The van der Waals surface area contributed by atoms with E-state index in [1.807, 2.05) is 0 Å². The van der Waals surface area contributed by atoms with Crippen molar-refractivity contribution in [1.29, 1.82) is 0 Å². The fourth-order valence-corrected chi connectivity index (χ4v) is 0.841. The van der Waals surface area contributed by atoms with Crippen molar-refractivity contribution >= 4 is 35.1 Å². The van der Waals surface area contributed by atoms with E-state index in [0.29, 0.717) is 0 Å². The number of carboxylic acids is 2. The molecule has 13 heavy (non-hydrogen) atoms. The van der Waals surface area contributed by atoms with Crippen LogP contribution < -0.4 is 5.73 Å². The Morgan fingerprint density at radius 3 is 2.08 bits per heavy atom. The molecule has 1 unspecified atom stereocenters. The van der Waals surface area contributed by atoms with Gasteiger partial charge in [-0.3, -0.25) is 4.79 Å². The van der Waals surface area contributed by atoms with Crippen LogP contribution in [0.2, 0.25) is 0 Å². The molecule has 0 rings (SSSR count). The summed E-state index contributed by atoms with van der Waals surface area (Å²) in [5.74, 6) is -2.62. The Balaban J connectivity index is 4.57. The highest BCUT2D eigenvalue weighted by Crippen LogP contribution is 2.18. The largest absolute Gasteiger partial charge is 0.481 e. The third-order valence-corrected chi connectivity index (χ3v) is 2.05. The molecule has 0 aliphatic carbocycles. The summed E-state index contributed by atoms with van der Waals surface area (Å²) in [6.45, 7) is 0. The van der Waals surface area contributed by atoms with Crippen LogP contribution in [0.15, 0.2) is 10.1 Å². The maximum atomic E-state index is 10.3. The Morgan fingerprint density at radius 2 is 1.77 bits per heavy atom. The Hall–Kier alpha value is -0.780. The predicted molar refractivity (Wildman–Crippen MR) is 46.6 cm³/mol. The maximum Gasteiger partial charge on any atom is 0.348 e. The molecule has 74 valence electrons. The molecule has 7 heteroatoms. The van der Waals surface area contributed by atoms with Gasteiger partial charge in [-0.15, -0.1) is 0 Å².